The highest BCUT2D eigenvalue weighted by Gasteiger charge is 2.63. The van der Waals surface area contributed by atoms with Crippen molar-refractivity contribution in [1.29, 1.82) is 0 Å². The van der Waals surface area contributed by atoms with Gasteiger partial charge in [-0.05, 0) is 36.3 Å². The van der Waals surface area contributed by atoms with Crippen LogP contribution in [0.5, 0.6) is 0 Å². The summed E-state index contributed by atoms with van der Waals surface area (Å²) in [6.45, 7) is 6.38. The van der Waals surface area contributed by atoms with Crippen molar-refractivity contribution in [1.82, 2.24) is 0 Å². The van der Waals surface area contributed by atoms with Crippen LogP contribution in [0.2, 0.25) is 0 Å². The van der Waals surface area contributed by atoms with Crippen LogP contribution in [-0.4, -0.2) is 16.9 Å². The van der Waals surface area contributed by atoms with Gasteiger partial charge in [-0.3, -0.25) is 4.79 Å². The summed E-state index contributed by atoms with van der Waals surface area (Å²) in [7, 11) is 0. The molecule has 0 saturated heterocycles. The maximum absolute atomic E-state index is 12.7. The number of fused-ring (bicyclic) bond motifs is 2. The summed E-state index contributed by atoms with van der Waals surface area (Å²) in [5.74, 6) is -0.531. The van der Waals surface area contributed by atoms with Crippen LogP contribution < -0.4 is 5.32 Å². The molecule has 2 aliphatic carbocycles. The van der Waals surface area contributed by atoms with Crippen molar-refractivity contribution in [3.63, 3.8) is 0 Å². The smallest absolute Gasteiger partial charge is 0.337 e. The van der Waals surface area contributed by atoms with E-state index in [0.717, 1.165) is 18.4 Å². The number of rotatable bonds is 3. The van der Waals surface area contributed by atoms with Crippen molar-refractivity contribution in [2.45, 2.75) is 33.6 Å². The number of para-hydroxylation sites is 1. The van der Waals surface area contributed by atoms with E-state index in [0.29, 0.717) is 5.69 Å². The number of allylic oxidation sites excluding steroid dienone is 1. The van der Waals surface area contributed by atoms with Gasteiger partial charge < -0.3 is 10.4 Å². The van der Waals surface area contributed by atoms with Gasteiger partial charge in [0.2, 0.25) is 0 Å². The van der Waals surface area contributed by atoms with Gasteiger partial charge in [0.15, 0.2) is 5.78 Å². The first-order valence-corrected chi connectivity index (χ1v) is 7.63. The molecule has 2 N–H and O–H groups in total. The van der Waals surface area contributed by atoms with Gasteiger partial charge in [0, 0.05) is 17.2 Å². The molecule has 0 spiro atoms. The lowest BCUT2D eigenvalue weighted by Gasteiger charge is -2.31. The van der Waals surface area contributed by atoms with Crippen LogP contribution in [0.3, 0.4) is 0 Å². The highest BCUT2D eigenvalue weighted by molar-refractivity contribution is 6.05. The maximum atomic E-state index is 12.7. The van der Waals surface area contributed by atoms with E-state index in [1.165, 1.54) is 0 Å². The number of Topliss-reactive ketones (excluding diaryl/α,β-unsaturated/α-hetero) is 1. The minimum atomic E-state index is -0.979. The predicted octanol–water partition coefficient (Wildman–Crippen LogP) is 3.71. The van der Waals surface area contributed by atoms with Crippen LogP contribution in [0.1, 0.15) is 44.0 Å². The van der Waals surface area contributed by atoms with Crippen LogP contribution in [0.25, 0.3) is 0 Å². The Labute approximate surface area is 130 Å². The molecule has 1 aromatic rings. The molecule has 0 amide bonds. The van der Waals surface area contributed by atoms with Crippen LogP contribution in [-0.2, 0) is 4.79 Å². The van der Waals surface area contributed by atoms with E-state index < -0.39 is 5.97 Å². The third-order valence-electron chi connectivity index (χ3n) is 5.91. The zero-order chi connectivity index (χ0) is 16.1. The normalized spacial score (nSPS) is 30.8. The molecule has 22 heavy (non-hydrogen) atoms. The molecule has 3 rings (SSSR count). The Morgan fingerprint density at radius 1 is 1.32 bits per heavy atom. The molecule has 2 atom stereocenters. The number of aromatic carboxylic acids is 1. The largest absolute Gasteiger partial charge is 0.478 e. The number of carboxylic acid groups (broad SMARTS) is 1. The van der Waals surface area contributed by atoms with E-state index in [-0.39, 0.29) is 28.1 Å². The summed E-state index contributed by atoms with van der Waals surface area (Å²) in [6, 6.07) is 6.73. The molecular weight excluding hydrogens is 278 g/mol. The van der Waals surface area contributed by atoms with Crippen molar-refractivity contribution in [2.24, 2.45) is 16.7 Å². The minimum absolute atomic E-state index is 0.0378. The number of carbonyl (C=O) groups excluding carboxylic acids is 1. The van der Waals surface area contributed by atoms with Gasteiger partial charge in [-0.25, -0.2) is 4.79 Å². The van der Waals surface area contributed by atoms with Crippen LogP contribution in [0.4, 0.5) is 5.69 Å². The van der Waals surface area contributed by atoms with Gasteiger partial charge in [-0.15, -0.1) is 0 Å². The fourth-order valence-corrected chi connectivity index (χ4v) is 4.04. The fourth-order valence-electron chi connectivity index (χ4n) is 4.04. The van der Waals surface area contributed by atoms with Crippen molar-refractivity contribution >= 4 is 17.4 Å². The molecule has 0 aromatic heterocycles. The van der Waals surface area contributed by atoms with Crippen LogP contribution in [0.15, 0.2) is 36.0 Å². The van der Waals surface area contributed by atoms with E-state index in [1.54, 1.807) is 30.5 Å². The Kier molecular flexibility index (Phi) is 3.17. The summed E-state index contributed by atoms with van der Waals surface area (Å²) in [5.41, 5.74) is 1.20. The molecule has 0 radical (unpaired) electrons. The van der Waals surface area contributed by atoms with Crippen molar-refractivity contribution in [3.8, 4) is 0 Å². The fraction of sp³-hybridized carbons (Fsp3) is 0.444. The van der Waals surface area contributed by atoms with Gasteiger partial charge >= 0.3 is 5.97 Å². The first-order chi connectivity index (χ1) is 10.3. The molecule has 2 bridgehead atoms. The number of carbonyl (C=O) groups is 2. The van der Waals surface area contributed by atoms with Gasteiger partial charge in [-0.2, -0.15) is 0 Å². The molecule has 0 heterocycles. The van der Waals surface area contributed by atoms with E-state index in [4.69, 9.17) is 0 Å². The lowest BCUT2D eigenvalue weighted by atomic mass is 9.70. The summed E-state index contributed by atoms with van der Waals surface area (Å²) in [4.78, 5) is 24.0. The SMILES string of the molecule is CC1(C)[C@H]2CC[C@]1(C)C(=O)/C2=C/Nc1ccccc1C(=O)O. The van der Waals surface area contributed by atoms with Crippen molar-refractivity contribution < 1.29 is 14.7 Å². The number of ketones is 1. The molecule has 1 aromatic carbocycles. The Hall–Kier alpha value is -2.10. The van der Waals surface area contributed by atoms with Gasteiger partial charge in [0.05, 0.1) is 11.3 Å². The molecule has 116 valence electrons. The lowest BCUT2D eigenvalue weighted by Crippen LogP contribution is -2.32. The molecular formula is C18H21NO3. The van der Waals surface area contributed by atoms with E-state index in [1.807, 2.05) is 0 Å². The average Bonchev–Trinajstić information content (AvgIpc) is 2.78. The van der Waals surface area contributed by atoms with E-state index in [2.05, 4.69) is 26.1 Å². The zero-order valence-corrected chi connectivity index (χ0v) is 13.1. The third-order valence-corrected chi connectivity index (χ3v) is 5.91. The molecule has 4 nitrogen and oxygen atoms in total. The van der Waals surface area contributed by atoms with Gasteiger partial charge in [0.1, 0.15) is 0 Å². The quantitative estimate of drug-likeness (QED) is 0.835. The lowest BCUT2D eigenvalue weighted by molar-refractivity contribution is -0.125. The highest BCUT2D eigenvalue weighted by atomic mass is 16.4. The molecule has 0 unspecified atom stereocenters. The number of carboxylic acids is 1. The Morgan fingerprint density at radius 2 is 2.00 bits per heavy atom. The topological polar surface area (TPSA) is 66.4 Å². The second kappa shape index (κ2) is 4.70. The second-order valence-corrected chi connectivity index (χ2v) is 7.07. The Morgan fingerprint density at radius 3 is 2.59 bits per heavy atom. The zero-order valence-electron chi connectivity index (χ0n) is 13.1. The average molecular weight is 299 g/mol. The number of anilines is 1. The second-order valence-electron chi connectivity index (χ2n) is 7.07. The number of hydrogen-bond acceptors (Lipinski definition) is 3. The standard InChI is InChI=1S/C18H21NO3/c1-17(2)13-8-9-18(17,3)15(20)12(13)10-19-14-7-5-4-6-11(14)16(21)22/h4-7,10,13,19H,8-9H2,1-3H3,(H,21,22)/b12-10+/t13-,18+/m0/s1. The van der Waals surface area contributed by atoms with Crippen molar-refractivity contribution in [2.75, 3.05) is 5.32 Å². The summed E-state index contributed by atoms with van der Waals surface area (Å²) in [6.07, 6.45) is 3.68. The summed E-state index contributed by atoms with van der Waals surface area (Å²) >= 11 is 0. The third kappa shape index (κ3) is 1.83. The number of hydrogen-bond donors (Lipinski definition) is 2. The summed E-state index contributed by atoms with van der Waals surface area (Å²) < 4.78 is 0. The minimum Gasteiger partial charge on any atom is -0.478 e. The first-order valence-electron chi connectivity index (χ1n) is 7.63. The number of nitrogens with one attached hydrogen (secondary N) is 1. The Balaban J connectivity index is 1.93. The predicted molar refractivity (Wildman–Crippen MR) is 84.7 cm³/mol. The summed E-state index contributed by atoms with van der Waals surface area (Å²) in [5, 5.41) is 12.3. The van der Waals surface area contributed by atoms with E-state index >= 15 is 0 Å². The molecule has 2 saturated carbocycles. The van der Waals surface area contributed by atoms with Crippen LogP contribution >= 0.6 is 0 Å². The molecule has 2 aliphatic rings. The number of benzene rings is 1. The molecule has 2 fully saturated rings. The first kappa shape index (κ1) is 14.8. The van der Waals surface area contributed by atoms with Gasteiger partial charge in [-0.1, -0.05) is 32.9 Å². The molecule has 4 heteroatoms. The molecule has 0 aliphatic heterocycles. The van der Waals surface area contributed by atoms with E-state index in [9.17, 15) is 14.7 Å². The van der Waals surface area contributed by atoms with Crippen LogP contribution in [0, 0.1) is 16.7 Å². The Bertz CT molecular complexity index is 689. The van der Waals surface area contributed by atoms with Crippen molar-refractivity contribution in [3.05, 3.63) is 41.6 Å². The maximum Gasteiger partial charge on any atom is 0.337 e. The highest BCUT2D eigenvalue weighted by Crippen LogP contribution is 2.65. The monoisotopic (exact) mass is 299 g/mol. The van der Waals surface area contributed by atoms with Gasteiger partial charge in [0.25, 0.3) is 0 Å².